The number of nitrogens with one attached hydrogen (secondary N) is 1. The first-order valence-electron chi connectivity index (χ1n) is 8.06. The van der Waals surface area contributed by atoms with Crippen molar-refractivity contribution in [3.8, 4) is 11.7 Å². The number of benzene rings is 1. The summed E-state index contributed by atoms with van der Waals surface area (Å²) in [5.74, 6) is 0.352. The molecule has 0 unspecified atom stereocenters. The van der Waals surface area contributed by atoms with Crippen LogP contribution in [0.1, 0.15) is 11.5 Å². The van der Waals surface area contributed by atoms with Crippen LogP contribution in [0.4, 0.5) is 5.69 Å². The summed E-state index contributed by atoms with van der Waals surface area (Å²) in [6.45, 7) is 1.84. The quantitative estimate of drug-likeness (QED) is 0.588. The van der Waals surface area contributed by atoms with Crippen LogP contribution < -0.4 is 5.32 Å². The zero-order valence-electron chi connectivity index (χ0n) is 14.5. The molecular weight excluding hydrogens is 370 g/mol. The highest BCUT2D eigenvalue weighted by Gasteiger charge is 2.13. The summed E-state index contributed by atoms with van der Waals surface area (Å²) >= 11 is 1.16. The van der Waals surface area contributed by atoms with Gasteiger partial charge in [0.15, 0.2) is 12.4 Å². The van der Waals surface area contributed by atoms with Crippen molar-refractivity contribution in [1.29, 1.82) is 0 Å². The molecule has 2 aromatic heterocycles. The number of esters is 1. The van der Waals surface area contributed by atoms with E-state index in [0.717, 1.165) is 23.0 Å². The maximum atomic E-state index is 11.8. The number of ether oxygens (including phenoxy) is 1. The lowest BCUT2D eigenvalue weighted by Crippen LogP contribution is -2.16. The van der Waals surface area contributed by atoms with Gasteiger partial charge in [-0.2, -0.15) is 0 Å². The van der Waals surface area contributed by atoms with Gasteiger partial charge in [-0.3, -0.25) is 9.59 Å². The Balaban J connectivity index is 1.35. The number of anilines is 1. The Morgan fingerprint density at radius 2 is 1.96 bits per heavy atom. The van der Waals surface area contributed by atoms with E-state index in [0.29, 0.717) is 5.76 Å². The second-order valence-electron chi connectivity index (χ2n) is 5.55. The fourth-order valence-corrected chi connectivity index (χ4v) is 2.67. The van der Waals surface area contributed by atoms with E-state index in [1.54, 1.807) is 12.1 Å². The molecule has 1 amide bonds. The molecule has 0 bridgehead atoms. The van der Waals surface area contributed by atoms with E-state index in [4.69, 9.17) is 13.6 Å². The number of amides is 1. The minimum atomic E-state index is -0.471. The molecule has 0 aliphatic carbocycles. The average Bonchev–Trinajstić information content (AvgIpc) is 3.33. The van der Waals surface area contributed by atoms with Crippen LogP contribution in [0.5, 0.6) is 0 Å². The molecule has 8 nitrogen and oxygen atoms in total. The highest BCUT2D eigenvalue weighted by atomic mass is 32.2. The van der Waals surface area contributed by atoms with E-state index >= 15 is 0 Å². The largest absolute Gasteiger partial charge is 0.459 e. The van der Waals surface area contributed by atoms with Crippen molar-refractivity contribution in [2.45, 2.75) is 13.5 Å². The fraction of sp³-hybridized carbons (Fsp3) is 0.222. The number of aromatic nitrogens is 2. The highest BCUT2D eigenvalue weighted by molar-refractivity contribution is 8.00. The third-order valence-corrected chi connectivity index (χ3v) is 4.25. The number of aryl methyl sites for hydroxylation is 1. The number of rotatable bonds is 8. The van der Waals surface area contributed by atoms with Crippen LogP contribution >= 0.6 is 11.8 Å². The summed E-state index contributed by atoms with van der Waals surface area (Å²) < 4.78 is 15.5. The number of carbonyl (C=O) groups is 2. The molecule has 9 heteroatoms. The van der Waals surface area contributed by atoms with Crippen LogP contribution in [-0.2, 0) is 20.9 Å². The van der Waals surface area contributed by atoms with E-state index < -0.39 is 5.97 Å². The minimum Gasteiger partial charge on any atom is -0.459 e. The molecule has 3 rings (SSSR count). The number of thioether (sulfide) groups is 1. The van der Waals surface area contributed by atoms with Crippen LogP contribution in [0.3, 0.4) is 0 Å². The van der Waals surface area contributed by atoms with Crippen LogP contribution in [-0.4, -0.2) is 33.6 Å². The number of carbonyl (C=O) groups excluding carboxylic acids is 2. The molecule has 0 aliphatic rings. The first-order valence-corrected chi connectivity index (χ1v) is 9.22. The van der Waals surface area contributed by atoms with Gasteiger partial charge >= 0.3 is 5.97 Å². The lowest BCUT2D eigenvalue weighted by atomic mass is 10.2. The number of furan rings is 1. The molecular formula is C18H17N3O5S. The maximum Gasteiger partial charge on any atom is 0.316 e. The molecule has 0 saturated heterocycles. The van der Waals surface area contributed by atoms with Crippen LogP contribution in [0.15, 0.2) is 51.5 Å². The number of hydrogen-bond donors (Lipinski definition) is 1. The molecule has 140 valence electrons. The van der Waals surface area contributed by atoms with Gasteiger partial charge in [0.25, 0.3) is 11.8 Å². The van der Waals surface area contributed by atoms with Crippen molar-refractivity contribution in [3.05, 3.63) is 54.1 Å². The van der Waals surface area contributed by atoms with Crippen molar-refractivity contribution in [2.75, 3.05) is 16.8 Å². The second kappa shape index (κ2) is 9.04. The van der Waals surface area contributed by atoms with E-state index in [2.05, 4.69) is 15.5 Å². The summed E-state index contributed by atoms with van der Waals surface area (Å²) in [6.07, 6.45) is 1.49. The third kappa shape index (κ3) is 5.71. The second-order valence-corrected chi connectivity index (χ2v) is 6.53. The van der Waals surface area contributed by atoms with Crippen LogP contribution in [0.2, 0.25) is 0 Å². The Labute approximate surface area is 159 Å². The molecule has 1 aromatic carbocycles. The maximum absolute atomic E-state index is 11.8. The minimum absolute atomic E-state index is 0.0422. The van der Waals surface area contributed by atoms with E-state index in [1.165, 1.54) is 6.26 Å². The first-order chi connectivity index (χ1) is 13.1. The van der Waals surface area contributed by atoms with Gasteiger partial charge in [0.2, 0.25) is 5.91 Å². The summed E-state index contributed by atoms with van der Waals surface area (Å²) in [5.41, 5.74) is 1.83. The Kier molecular flexibility index (Phi) is 6.26. The van der Waals surface area contributed by atoms with Crippen molar-refractivity contribution in [3.63, 3.8) is 0 Å². The molecule has 0 spiro atoms. The highest BCUT2D eigenvalue weighted by Crippen LogP contribution is 2.18. The monoisotopic (exact) mass is 387 g/mol. The normalized spacial score (nSPS) is 10.6. The average molecular weight is 387 g/mol. The van der Waals surface area contributed by atoms with Crippen LogP contribution in [0.25, 0.3) is 11.7 Å². The molecule has 2 heterocycles. The van der Waals surface area contributed by atoms with Gasteiger partial charge in [-0.1, -0.05) is 17.7 Å². The standard InChI is InChI=1S/C18H17N3O5S/c1-12-4-6-13(7-5-12)19-15(22)10-27-11-17(23)25-9-16-20-21-18(26-16)14-3-2-8-24-14/h2-8H,9-11H2,1H3,(H,19,22). The fourth-order valence-electron chi connectivity index (χ4n) is 2.06. The molecule has 1 N–H and O–H groups in total. The van der Waals surface area contributed by atoms with E-state index in [-0.39, 0.29) is 35.8 Å². The molecule has 0 saturated carbocycles. The summed E-state index contributed by atoms with van der Waals surface area (Å²) in [5, 5.41) is 10.4. The Morgan fingerprint density at radius 1 is 1.15 bits per heavy atom. The van der Waals surface area contributed by atoms with Crippen molar-refractivity contribution in [1.82, 2.24) is 10.2 Å². The molecule has 3 aromatic rings. The third-order valence-electron chi connectivity index (χ3n) is 3.34. The van der Waals surface area contributed by atoms with Gasteiger partial charge in [0.05, 0.1) is 17.8 Å². The summed E-state index contributed by atoms with van der Waals surface area (Å²) in [7, 11) is 0. The summed E-state index contributed by atoms with van der Waals surface area (Å²) in [4.78, 5) is 23.6. The zero-order chi connectivity index (χ0) is 19.1. The summed E-state index contributed by atoms with van der Waals surface area (Å²) in [6, 6.07) is 10.9. The number of nitrogens with zero attached hydrogens (tertiary/aromatic N) is 2. The Bertz CT molecular complexity index is 890. The van der Waals surface area contributed by atoms with Gasteiger partial charge in [-0.25, -0.2) is 0 Å². The molecule has 27 heavy (non-hydrogen) atoms. The van der Waals surface area contributed by atoms with Crippen molar-refractivity contribution >= 4 is 29.3 Å². The predicted molar refractivity (Wildman–Crippen MR) is 98.9 cm³/mol. The van der Waals surface area contributed by atoms with Gasteiger partial charge in [0, 0.05) is 5.69 Å². The molecule has 0 atom stereocenters. The van der Waals surface area contributed by atoms with Gasteiger partial charge in [-0.05, 0) is 31.2 Å². The predicted octanol–water partition coefficient (Wildman–Crippen LogP) is 3.05. The molecule has 0 aliphatic heterocycles. The zero-order valence-corrected chi connectivity index (χ0v) is 15.3. The van der Waals surface area contributed by atoms with E-state index in [1.807, 2.05) is 31.2 Å². The van der Waals surface area contributed by atoms with Gasteiger partial charge in [0.1, 0.15) is 0 Å². The van der Waals surface area contributed by atoms with Crippen molar-refractivity contribution in [2.24, 2.45) is 0 Å². The van der Waals surface area contributed by atoms with Gasteiger partial charge < -0.3 is 18.9 Å². The lowest BCUT2D eigenvalue weighted by molar-refractivity contribution is -0.142. The van der Waals surface area contributed by atoms with E-state index in [9.17, 15) is 9.59 Å². The van der Waals surface area contributed by atoms with Gasteiger partial charge in [-0.15, -0.1) is 22.0 Å². The number of hydrogen-bond acceptors (Lipinski definition) is 8. The molecule has 0 radical (unpaired) electrons. The Hall–Kier alpha value is -3.07. The Morgan fingerprint density at radius 3 is 2.70 bits per heavy atom. The first kappa shape index (κ1) is 18.7. The topological polar surface area (TPSA) is 107 Å². The molecule has 0 fully saturated rings. The van der Waals surface area contributed by atoms with Crippen molar-refractivity contribution < 1.29 is 23.2 Å². The lowest BCUT2D eigenvalue weighted by Gasteiger charge is -2.05. The smallest absolute Gasteiger partial charge is 0.316 e. The SMILES string of the molecule is Cc1ccc(NC(=O)CSCC(=O)OCc2nnc(-c3ccco3)o2)cc1. The van der Waals surface area contributed by atoms with Crippen LogP contribution in [0, 0.1) is 6.92 Å².